The van der Waals surface area contributed by atoms with Crippen molar-refractivity contribution in [3.63, 3.8) is 0 Å². The van der Waals surface area contributed by atoms with Crippen molar-refractivity contribution in [1.82, 2.24) is 10.2 Å². The molecule has 0 saturated heterocycles. The van der Waals surface area contributed by atoms with Gasteiger partial charge in [0.05, 0.1) is 10.7 Å². The number of hydrogen-bond acceptors (Lipinski definition) is 5. The molecule has 7 nitrogen and oxygen atoms in total. The summed E-state index contributed by atoms with van der Waals surface area (Å²) in [5.74, 6) is -0.0349. The standard InChI is InChI=1S/C32H46ClN3O4S/c1-9-10-11-19-36(30(38)26(18-20-41-8)34-31(39)40-32(5,6)7)28(24-16-12-14-21(2)23(24)4)29(37)35-27-22(3)15-13-17-25(27)33/h12-17,26,28H,9-11,18-20H2,1-8H3,(H,34,39)(H,35,37). The van der Waals surface area contributed by atoms with Crippen LogP contribution in [0, 0.1) is 20.8 Å². The van der Waals surface area contributed by atoms with Crippen molar-refractivity contribution < 1.29 is 19.1 Å². The van der Waals surface area contributed by atoms with Gasteiger partial charge in [-0.1, -0.05) is 61.7 Å². The number of alkyl carbamates (subject to hydrolysis) is 1. The van der Waals surface area contributed by atoms with E-state index in [-0.39, 0.29) is 11.8 Å². The molecule has 0 bridgehead atoms. The SMILES string of the molecule is CCCCCN(C(=O)C(CCSC)NC(=O)OC(C)(C)C)C(C(=O)Nc1c(C)cccc1Cl)c1cccc(C)c1C. The van der Waals surface area contributed by atoms with Crippen LogP contribution in [0.3, 0.4) is 0 Å². The molecule has 0 fully saturated rings. The molecule has 2 aromatic carbocycles. The molecule has 2 rings (SSSR count). The van der Waals surface area contributed by atoms with Crippen molar-refractivity contribution in [3.8, 4) is 0 Å². The van der Waals surface area contributed by atoms with Gasteiger partial charge in [-0.2, -0.15) is 11.8 Å². The fraction of sp³-hybridized carbons (Fsp3) is 0.531. The van der Waals surface area contributed by atoms with Crippen LogP contribution in [0.2, 0.25) is 5.02 Å². The number of nitrogens with one attached hydrogen (secondary N) is 2. The molecule has 2 unspecified atom stereocenters. The van der Waals surface area contributed by atoms with Gasteiger partial charge in [0.2, 0.25) is 5.91 Å². The van der Waals surface area contributed by atoms with Gasteiger partial charge in [0.25, 0.3) is 5.91 Å². The first-order valence-corrected chi connectivity index (χ1v) is 16.0. The van der Waals surface area contributed by atoms with Gasteiger partial charge in [-0.25, -0.2) is 4.79 Å². The normalized spacial score (nSPS) is 12.8. The highest BCUT2D eigenvalue weighted by Crippen LogP contribution is 2.32. The van der Waals surface area contributed by atoms with Crippen LogP contribution in [0.1, 0.15) is 81.7 Å². The van der Waals surface area contributed by atoms with Gasteiger partial charge in [0, 0.05) is 6.54 Å². The zero-order valence-corrected chi connectivity index (χ0v) is 27.3. The summed E-state index contributed by atoms with van der Waals surface area (Å²) in [4.78, 5) is 43.0. The van der Waals surface area contributed by atoms with Gasteiger partial charge in [0.1, 0.15) is 17.7 Å². The predicted molar refractivity (Wildman–Crippen MR) is 171 cm³/mol. The lowest BCUT2D eigenvalue weighted by atomic mass is 9.94. The number of thioether (sulfide) groups is 1. The van der Waals surface area contributed by atoms with Gasteiger partial charge >= 0.3 is 6.09 Å². The Morgan fingerprint density at radius 1 is 1.02 bits per heavy atom. The number of carbonyl (C=O) groups excluding carboxylic acids is 3. The Bertz CT molecular complexity index is 1180. The van der Waals surface area contributed by atoms with Crippen LogP contribution < -0.4 is 10.6 Å². The molecular formula is C32H46ClN3O4S. The number of rotatable bonds is 13. The highest BCUT2D eigenvalue weighted by atomic mass is 35.5. The Morgan fingerprint density at radius 2 is 1.68 bits per heavy atom. The zero-order chi connectivity index (χ0) is 30.7. The Balaban J connectivity index is 2.63. The summed E-state index contributed by atoms with van der Waals surface area (Å²) < 4.78 is 5.49. The molecule has 226 valence electrons. The number of unbranched alkanes of at least 4 members (excludes halogenated alkanes) is 2. The Hall–Kier alpha value is -2.71. The number of amides is 3. The van der Waals surface area contributed by atoms with Crippen molar-refractivity contribution in [2.24, 2.45) is 0 Å². The maximum Gasteiger partial charge on any atom is 0.408 e. The number of halogens is 1. The molecule has 0 aromatic heterocycles. The largest absolute Gasteiger partial charge is 0.444 e. The highest BCUT2D eigenvalue weighted by molar-refractivity contribution is 7.98. The second kappa shape index (κ2) is 16.1. The molecular weight excluding hydrogens is 558 g/mol. The lowest BCUT2D eigenvalue weighted by Crippen LogP contribution is -2.53. The molecule has 3 amide bonds. The van der Waals surface area contributed by atoms with Gasteiger partial charge in [-0.05, 0) is 94.7 Å². The van der Waals surface area contributed by atoms with Gasteiger partial charge < -0.3 is 20.3 Å². The second-order valence-electron chi connectivity index (χ2n) is 11.3. The Labute approximate surface area is 255 Å². The molecule has 9 heteroatoms. The first-order valence-electron chi connectivity index (χ1n) is 14.2. The monoisotopic (exact) mass is 603 g/mol. The number of para-hydroxylation sites is 1. The summed E-state index contributed by atoms with van der Waals surface area (Å²) in [5.41, 5.74) is 3.29. The van der Waals surface area contributed by atoms with E-state index in [2.05, 4.69) is 17.6 Å². The van der Waals surface area contributed by atoms with Crippen LogP contribution >= 0.6 is 23.4 Å². The van der Waals surface area contributed by atoms with Gasteiger partial charge in [-0.15, -0.1) is 0 Å². The number of carbonyl (C=O) groups is 3. The average molecular weight is 604 g/mol. The third-order valence-electron chi connectivity index (χ3n) is 6.86. The maximum atomic E-state index is 14.4. The van der Waals surface area contributed by atoms with E-state index in [0.717, 1.165) is 35.1 Å². The molecule has 0 heterocycles. The first-order chi connectivity index (χ1) is 19.3. The fourth-order valence-corrected chi connectivity index (χ4v) is 5.28. The van der Waals surface area contributed by atoms with Crippen LogP contribution in [0.4, 0.5) is 10.5 Å². The summed E-state index contributed by atoms with van der Waals surface area (Å²) in [7, 11) is 0. The smallest absolute Gasteiger partial charge is 0.408 e. The number of anilines is 1. The molecule has 0 aliphatic rings. The molecule has 2 N–H and O–H groups in total. The van der Waals surface area contributed by atoms with Crippen LogP contribution in [0.15, 0.2) is 36.4 Å². The van der Waals surface area contributed by atoms with E-state index in [1.54, 1.807) is 43.5 Å². The summed E-state index contributed by atoms with van der Waals surface area (Å²) in [6.45, 7) is 13.6. The van der Waals surface area contributed by atoms with Gasteiger partial charge in [0.15, 0.2) is 0 Å². The summed E-state index contributed by atoms with van der Waals surface area (Å²) in [5, 5.41) is 6.24. The number of hydrogen-bond donors (Lipinski definition) is 2. The van der Waals surface area contributed by atoms with E-state index in [9.17, 15) is 14.4 Å². The van der Waals surface area contributed by atoms with Crippen molar-refractivity contribution >= 4 is 47.0 Å². The zero-order valence-electron chi connectivity index (χ0n) is 25.7. The van der Waals surface area contributed by atoms with Crippen molar-refractivity contribution in [3.05, 3.63) is 63.7 Å². The number of nitrogens with zero attached hydrogens (tertiary/aromatic N) is 1. The molecule has 2 aromatic rings. The number of aryl methyl sites for hydroxylation is 2. The molecule has 2 atom stereocenters. The Morgan fingerprint density at radius 3 is 2.29 bits per heavy atom. The van der Waals surface area contributed by atoms with Crippen LogP contribution in [0.25, 0.3) is 0 Å². The molecule has 0 radical (unpaired) electrons. The minimum Gasteiger partial charge on any atom is -0.444 e. The number of ether oxygens (including phenoxy) is 1. The quantitative estimate of drug-likeness (QED) is 0.230. The third kappa shape index (κ3) is 10.3. The first kappa shape index (κ1) is 34.5. The average Bonchev–Trinajstić information content (AvgIpc) is 2.89. The van der Waals surface area contributed by atoms with Crippen molar-refractivity contribution in [2.45, 2.75) is 91.8 Å². The lowest BCUT2D eigenvalue weighted by Gasteiger charge is -2.35. The van der Waals surface area contributed by atoms with Crippen molar-refractivity contribution in [2.75, 3.05) is 23.9 Å². The van der Waals surface area contributed by atoms with Gasteiger partial charge in [-0.3, -0.25) is 9.59 Å². The van der Waals surface area contributed by atoms with Crippen LogP contribution in [-0.4, -0.2) is 53.0 Å². The maximum absolute atomic E-state index is 14.4. The van der Waals surface area contributed by atoms with Crippen molar-refractivity contribution in [1.29, 1.82) is 0 Å². The van der Waals surface area contributed by atoms with E-state index in [1.807, 2.05) is 57.4 Å². The van der Waals surface area contributed by atoms with E-state index >= 15 is 0 Å². The second-order valence-corrected chi connectivity index (χ2v) is 12.7. The molecule has 0 aliphatic carbocycles. The fourth-order valence-electron chi connectivity index (χ4n) is 4.54. The lowest BCUT2D eigenvalue weighted by molar-refractivity contribution is -0.141. The minimum absolute atomic E-state index is 0.321. The molecule has 0 saturated carbocycles. The highest BCUT2D eigenvalue weighted by Gasteiger charge is 2.37. The third-order valence-corrected chi connectivity index (χ3v) is 7.82. The Kier molecular flexibility index (Phi) is 13.5. The minimum atomic E-state index is -0.938. The van der Waals surface area contributed by atoms with E-state index < -0.39 is 23.8 Å². The van der Waals surface area contributed by atoms with E-state index in [0.29, 0.717) is 35.8 Å². The summed E-state index contributed by atoms with van der Waals surface area (Å²) >= 11 is 8.07. The van der Waals surface area contributed by atoms with Crippen LogP contribution in [-0.2, 0) is 14.3 Å². The van der Waals surface area contributed by atoms with E-state index in [1.165, 1.54) is 0 Å². The number of benzene rings is 2. The molecule has 0 spiro atoms. The topological polar surface area (TPSA) is 87.7 Å². The van der Waals surface area contributed by atoms with Crippen LogP contribution in [0.5, 0.6) is 0 Å². The molecule has 0 aliphatic heterocycles. The predicted octanol–water partition coefficient (Wildman–Crippen LogP) is 7.61. The van der Waals surface area contributed by atoms with E-state index in [4.69, 9.17) is 16.3 Å². The molecule has 41 heavy (non-hydrogen) atoms. The summed E-state index contributed by atoms with van der Waals surface area (Å²) in [6, 6.07) is 9.41. The summed E-state index contributed by atoms with van der Waals surface area (Å²) in [6.07, 6.45) is 4.24.